The van der Waals surface area contributed by atoms with Crippen molar-refractivity contribution in [3.63, 3.8) is 0 Å². The third-order valence-electron chi connectivity index (χ3n) is 5.92. The molecule has 7 nitrogen and oxygen atoms in total. The van der Waals surface area contributed by atoms with Gasteiger partial charge in [0.15, 0.2) is 0 Å². The van der Waals surface area contributed by atoms with Crippen molar-refractivity contribution in [3.8, 4) is 0 Å². The van der Waals surface area contributed by atoms with E-state index in [9.17, 15) is 22.8 Å². The topological polar surface area (TPSA) is 81.2 Å². The van der Waals surface area contributed by atoms with E-state index < -0.39 is 12.1 Å². The summed E-state index contributed by atoms with van der Waals surface area (Å²) in [5, 5.41) is 9.09. The lowest BCUT2D eigenvalue weighted by Crippen LogP contribution is -2.64. The summed E-state index contributed by atoms with van der Waals surface area (Å²) < 4.78 is 31.7. The minimum absolute atomic E-state index is 0.114. The molecule has 1 spiro atoms. The fraction of sp³-hybridized carbons (Fsp3) is 0.409. The summed E-state index contributed by atoms with van der Waals surface area (Å²) in [6.07, 6.45) is -4.20. The molecule has 11 heteroatoms. The number of benzene rings is 1. The van der Waals surface area contributed by atoms with Gasteiger partial charge in [-0.3, -0.25) is 14.5 Å². The van der Waals surface area contributed by atoms with Gasteiger partial charge in [-0.1, -0.05) is 18.2 Å². The van der Waals surface area contributed by atoms with Crippen molar-refractivity contribution in [2.24, 2.45) is 0 Å². The summed E-state index contributed by atoms with van der Waals surface area (Å²) in [4.78, 5) is 41.2. The van der Waals surface area contributed by atoms with E-state index in [1.165, 1.54) is 11.3 Å². The third-order valence-corrected chi connectivity index (χ3v) is 6.93. The Kier molecular flexibility index (Phi) is 7.13. The molecule has 1 N–H and O–H groups in total. The molecule has 3 heterocycles. The van der Waals surface area contributed by atoms with Gasteiger partial charge in [0.2, 0.25) is 5.91 Å². The van der Waals surface area contributed by atoms with Crippen molar-refractivity contribution < 1.29 is 32.7 Å². The number of hydrogen-bond donors (Lipinski definition) is 1. The molecule has 1 unspecified atom stereocenters. The van der Waals surface area contributed by atoms with Gasteiger partial charge in [0.1, 0.15) is 0 Å². The Bertz CT molecular complexity index is 1030. The highest BCUT2D eigenvalue weighted by Crippen LogP contribution is 2.34. The predicted octanol–water partition coefficient (Wildman–Crippen LogP) is 3.25. The van der Waals surface area contributed by atoms with Gasteiger partial charge in [-0.2, -0.15) is 13.2 Å². The van der Waals surface area contributed by atoms with E-state index in [1.54, 1.807) is 0 Å². The minimum atomic E-state index is -5.08. The molecule has 1 aromatic carbocycles. The van der Waals surface area contributed by atoms with Gasteiger partial charge < -0.3 is 14.9 Å². The SMILES string of the molecule is Cc1ccsc1C(=O)N1CCC2(C1)CN(c1ccccc1)C(=O)CN2C.O=C(O)C(F)(F)F. The second-order valence-corrected chi connectivity index (χ2v) is 9.02. The molecule has 2 aliphatic rings. The lowest BCUT2D eigenvalue weighted by molar-refractivity contribution is -0.192. The largest absolute Gasteiger partial charge is 0.490 e. The van der Waals surface area contributed by atoms with E-state index in [0.29, 0.717) is 19.6 Å². The average molecular weight is 484 g/mol. The van der Waals surface area contributed by atoms with Crippen LogP contribution in [0.1, 0.15) is 21.7 Å². The number of aliphatic carboxylic acids is 1. The molecule has 1 aromatic heterocycles. The average Bonchev–Trinajstić information content (AvgIpc) is 3.38. The van der Waals surface area contributed by atoms with Crippen LogP contribution in [0.3, 0.4) is 0 Å². The number of anilines is 1. The molecule has 33 heavy (non-hydrogen) atoms. The van der Waals surface area contributed by atoms with Crippen LogP contribution in [0.2, 0.25) is 0 Å². The number of likely N-dealkylation sites (tertiary alicyclic amines) is 1. The monoisotopic (exact) mass is 483 g/mol. The fourth-order valence-electron chi connectivity index (χ4n) is 4.01. The Morgan fingerprint density at radius 2 is 1.76 bits per heavy atom. The zero-order chi connectivity index (χ0) is 24.4. The van der Waals surface area contributed by atoms with E-state index >= 15 is 0 Å². The number of aryl methyl sites for hydroxylation is 1. The summed E-state index contributed by atoms with van der Waals surface area (Å²) in [6.45, 7) is 4.39. The predicted molar refractivity (Wildman–Crippen MR) is 117 cm³/mol. The van der Waals surface area contributed by atoms with Crippen molar-refractivity contribution in [1.82, 2.24) is 9.80 Å². The number of carboxylic acids is 1. The van der Waals surface area contributed by atoms with Gasteiger partial charge >= 0.3 is 12.1 Å². The van der Waals surface area contributed by atoms with Crippen molar-refractivity contribution in [1.29, 1.82) is 0 Å². The summed E-state index contributed by atoms with van der Waals surface area (Å²) in [5.41, 5.74) is 1.80. The van der Waals surface area contributed by atoms with E-state index in [4.69, 9.17) is 9.90 Å². The number of thiophene rings is 1. The van der Waals surface area contributed by atoms with Crippen molar-refractivity contribution >= 4 is 34.8 Å². The molecule has 0 radical (unpaired) electrons. The van der Waals surface area contributed by atoms with Crippen LogP contribution < -0.4 is 4.90 Å². The Balaban J connectivity index is 0.000000383. The van der Waals surface area contributed by atoms with Crippen LogP contribution in [-0.4, -0.2) is 77.6 Å². The molecular formula is C22H24F3N3O4S. The van der Waals surface area contributed by atoms with Gasteiger partial charge in [0.05, 0.1) is 17.0 Å². The third kappa shape index (κ3) is 5.36. The van der Waals surface area contributed by atoms with Crippen LogP contribution in [0.4, 0.5) is 18.9 Å². The Morgan fingerprint density at radius 1 is 1.12 bits per heavy atom. The number of carboxylic acid groups (broad SMARTS) is 1. The molecule has 2 aromatic rings. The molecule has 2 fully saturated rings. The number of halogens is 3. The number of piperazine rings is 1. The van der Waals surface area contributed by atoms with E-state index in [1.807, 2.05) is 65.5 Å². The first-order chi connectivity index (χ1) is 15.4. The summed E-state index contributed by atoms with van der Waals surface area (Å²) in [7, 11) is 2.00. The number of carbonyl (C=O) groups excluding carboxylic acids is 2. The molecule has 2 saturated heterocycles. The molecule has 2 amide bonds. The van der Waals surface area contributed by atoms with Crippen LogP contribution in [0.15, 0.2) is 41.8 Å². The Morgan fingerprint density at radius 3 is 2.30 bits per heavy atom. The second kappa shape index (κ2) is 9.52. The van der Waals surface area contributed by atoms with Crippen molar-refractivity contribution in [3.05, 3.63) is 52.2 Å². The zero-order valence-corrected chi connectivity index (χ0v) is 18.9. The standard InChI is InChI=1S/C20H23N3O2S.C2HF3O2/c1-15-8-11-26-18(15)19(25)22-10-9-20(13-22)14-23(17(24)12-21(20)2)16-6-4-3-5-7-16;3-2(4,5)1(6)7/h3-8,11H,9-10,12-14H2,1-2H3;(H,6,7). The van der Waals surface area contributed by atoms with Crippen LogP contribution in [0.5, 0.6) is 0 Å². The normalized spacial score (nSPS) is 21.2. The molecule has 4 rings (SSSR count). The van der Waals surface area contributed by atoms with Gasteiger partial charge in [-0.15, -0.1) is 11.3 Å². The van der Waals surface area contributed by atoms with Crippen molar-refractivity contribution in [2.75, 3.05) is 38.1 Å². The lowest BCUT2D eigenvalue weighted by Gasteiger charge is -2.46. The summed E-state index contributed by atoms with van der Waals surface area (Å²) in [6, 6.07) is 11.8. The number of nitrogens with zero attached hydrogens (tertiary/aromatic N) is 3. The number of rotatable bonds is 2. The smallest absolute Gasteiger partial charge is 0.475 e. The molecular weight excluding hydrogens is 459 g/mol. The number of carbonyl (C=O) groups is 3. The molecule has 1 atom stereocenters. The molecule has 2 aliphatic heterocycles. The molecule has 0 bridgehead atoms. The van der Waals surface area contributed by atoms with Crippen LogP contribution in [0, 0.1) is 6.92 Å². The van der Waals surface area contributed by atoms with Crippen molar-refractivity contribution in [2.45, 2.75) is 25.1 Å². The van der Waals surface area contributed by atoms with E-state index in [0.717, 1.165) is 29.1 Å². The maximum absolute atomic E-state index is 12.9. The Hall–Kier alpha value is -2.92. The van der Waals surface area contributed by atoms with Gasteiger partial charge in [-0.05, 0) is 49.5 Å². The number of amides is 2. The molecule has 0 aliphatic carbocycles. The number of likely N-dealkylation sites (N-methyl/N-ethyl adjacent to an activating group) is 1. The van der Waals surface area contributed by atoms with Gasteiger partial charge in [0.25, 0.3) is 5.91 Å². The van der Waals surface area contributed by atoms with E-state index in [-0.39, 0.29) is 17.4 Å². The first kappa shape index (κ1) is 24.7. The van der Waals surface area contributed by atoms with Gasteiger partial charge in [-0.25, -0.2) is 4.79 Å². The van der Waals surface area contributed by atoms with Crippen LogP contribution in [-0.2, 0) is 9.59 Å². The summed E-state index contributed by atoms with van der Waals surface area (Å²) >= 11 is 1.51. The molecule has 0 saturated carbocycles. The minimum Gasteiger partial charge on any atom is -0.475 e. The first-order valence-corrected chi connectivity index (χ1v) is 11.0. The maximum atomic E-state index is 12.9. The zero-order valence-electron chi connectivity index (χ0n) is 18.1. The number of alkyl halides is 3. The Labute approximate surface area is 193 Å². The van der Waals surface area contributed by atoms with E-state index in [2.05, 4.69) is 4.90 Å². The number of hydrogen-bond acceptors (Lipinski definition) is 5. The second-order valence-electron chi connectivity index (χ2n) is 8.11. The quantitative estimate of drug-likeness (QED) is 0.709. The highest BCUT2D eigenvalue weighted by Gasteiger charge is 2.49. The van der Waals surface area contributed by atoms with Crippen LogP contribution in [0.25, 0.3) is 0 Å². The lowest BCUT2D eigenvalue weighted by atomic mass is 9.92. The fourth-order valence-corrected chi connectivity index (χ4v) is 4.90. The van der Waals surface area contributed by atoms with Crippen LogP contribution >= 0.6 is 11.3 Å². The van der Waals surface area contributed by atoms with Gasteiger partial charge in [0, 0.05) is 25.3 Å². The highest BCUT2D eigenvalue weighted by atomic mass is 32.1. The first-order valence-electron chi connectivity index (χ1n) is 10.1. The molecule has 178 valence electrons. The number of para-hydroxylation sites is 1. The highest BCUT2D eigenvalue weighted by molar-refractivity contribution is 7.12. The maximum Gasteiger partial charge on any atom is 0.490 e. The summed E-state index contributed by atoms with van der Waals surface area (Å²) in [5.74, 6) is -2.53.